The Balaban J connectivity index is 0.00000320. The van der Waals surface area contributed by atoms with Crippen LogP contribution in [0.2, 0.25) is 5.02 Å². The van der Waals surface area contributed by atoms with Crippen molar-refractivity contribution in [1.29, 1.82) is 0 Å². The molecule has 0 saturated heterocycles. The van der Waals surface area contributed by atoms with Gasteiger partial charge in [0.15, 0.2) is 5.13 Å². The van der Waals surface area contributed by atoms with Gasteiger partial charge in [-0.15, -0.1) is 24.2 Å². The summed E-state index contributed by atoms with van der Waals surface area (Å²) in [5, 5.41) is 1.49. The summed E-state index contributed by atoms with van der Waals surface area (Å²) >= 11 is 9.08. The Morgan fingerprint density at radius 2 is 1.87 bits per heavy atom. The van der Waals surface area contributed by atoms with Crippen molar-refractivity contribution in [2.45, 2.75) is 24.7 Å². The number of thiazole rings is 1. The van der Waals surface area contributed by atoms with Crippen LogP contribution in [0, 0.1) is 0 Å². The number of amides is 1. The molecule has 8 heteroatoms. The van der Waals surface area contributed by atoms with Crippen LogP contribution in [0.1, 0.15) is 18.9 Å². The maximum Gasteiger partial charge on any atom is 0.239 e. The molecule has 0 fully saturated rings. The van der Waals surface area contributed by atoms with Crippen LogP contribution in [-0.2, 0) is 11.2 Å². The second-order valence-electron chi connectivity index (χ2n) is 7.10. The Morgan fingerprint density at radius 1 is 1.13 bits per heavy atom. The maximum absolute atomic E-state index is 13.1. The summed E-state index contributed by atoms with van der Waals surface area (Å²) < 4.78 is 1.13. The molecular formula is C22H27Cl2N3OS2. The van der Waals surface area contributed by atoms with Crippen LogP contribution in [0.25, 0.3) is 10.2 Å². The summed E-state index contributed by atoms with van der Waals surface area (Å²) in [7, 11) is 4.10. The molecule has 0 aliphatic heterocycles. The molecule has 0 N–H and O–H groups in total. The summed E-state index contributed by atoms with van der Waals surface area (Å²) in [6.07, 6.45) is 1.90. The van der Waals surface area contributed by atoms with Crippen molar-refractivity contribution in [1.82, 2.24) is 9.88 Å². The van der Waals surface area contributed by atoms with Crippen molar-refractivity contribution in [3.63, 3.8) is 0 Å². The van der Waals surface area contributed by atoms with Crippen LogP contribution in [0.5, 0.6) is 0 Å². The van der Waals surface area contributed by atoms with E-state index in [9.17, 15) is 4.79 Å². The van der Waals surface area contributed by atoms with E-state index in [0.717, 1.165) is 39.6 Å². The minimum atomic E-state index is 0. The van der Waals surface area contributed by atoms with Crippen molar-refractivity contribution >= 4 is 68.4 Å². The quantitative estimate of drug-likeness (QED) is 0.349. The molecule has 0 radical (unpaired) electrons. The number of hydrogen-bond acceptors (Lipinski definition) is 5. The van der Waals surface area contributed by atoms with Crippen LogP contribution in [0.3, 0.4) is 0 Å². The number of aryl methyl sites for hydroxylation is 1. The summed E-state index contributed by atoms with van der Waals surface area (Å²) in [6, 6.07) is 13.9. The molecule has 1 heterocycles. The second kappa shape index (κ2) is 11.9. The molecule has 0 atom stereocenters. The summed E-state index contributed by atoms with van der Waals surface area (Å²) in [5.41, 5.74) is 2.24. The lowest BCUT2D eigenvalue weighted by Crippen LogP contribution is -2.34. The van der Waals surface area contributed by atoms with Gasteiger partial charge in [-0.25, -0.2) is 4.98 Å². The standard InChI is InChI=1S/C22H26ClN3OS2.ClH/c1-4-16-6-11-19-20(14-16)29-22(24-19)26(13-5-12-25(2)3)21(27)15-28-18-9-7-17(23)8-10-18;/h6-11,14H,4-5,12-13,15H2,1-3H3;1H. The van der Waals surface area contributed by atoms with E-state index in [1.165, 1.54) is 17.3 Å². The van der Waals surface area contributed by atoms with E-state index in [0.29, 0.717) is 17.3 Å². The van der Waals surface area contributed by atoms with Gasteiger partial charge < -0.3 is 4.90 Å². The number of nitrogens with zero attached hydrogens (tertiary/aromatic N) is 3. The van der Waals surface area contributed by atoms with Crippen LogP contribution in [0.4, 0.5) is 5.13 Å². The fraction of sp³-hybridized carbons (Fsp3) is 0.364. The minimum absolute atomic E-state index is 0. The normalized spacial score (nSPS) is 11.0. The first-order valence-electron chi connectivity index (χ1n) is 9.69. The molecule has 0 spiro atoms. The number of carbonyl (C=O) groups is 1. The Hall–Kier alpha value is -1.31. The highest BCUT2D eigenvalue weighted by atomic mass is 35.5. The van der Waals surface area contributed by atoms with Crippen molar-refractivity contribution in [2.75, 3.05) is 37.8 Å². The predicted octanol–water partition coefficient (Wildman–Crippen LogP) is 6.01. The number of halogens is 2. The highest BCUT2D eigenvalue weighted by Gasteiger charge is 2.20. The first-order chi connectivity index (χ1) is 14.0. The molecule has 0 aliphatic carbocycles. The summed E-state index contributed by atoms with van der Waals surface area (Å²) in [5.74, 6) is 0.457. The van der Waals surface area contributed by atoms with Gasteiger partial charge in [0.25, 0.3) is 0 Å². The molecule has 1 amide bonds. The largest absolute Gasteiger partial charge is 0.309 e. The first-order valence-corrected chi connectivity index (χ1v) is 11.9. The van der Waals surface area contributed by atoms with Gasteiger partial charge in [0.05, 0.1) is 16.0 Å². The lowest BCUT2D eigenvalue weighted by atomic mass is 10.2. The number of fused-ring (bicyclic) bond motifs is 1. The molecule has 0 saturated carbocycles. The lowest BCUT2D eigenvalue weighted by molar-refractivity contribution is -0.116. The van der Waals surface area contributed by atoms with Crippen molar-refractivity contribution in [3.8, 4) is 0 Å². The Labute approximate surface area is 198 Å². The van der Waals surface area contributed by atoms with Gasteiger partial charge in [-0.1, -0.05) is 35.9 Å². The molecule has 4 nitrogen and oxygen atoms in total. The molecule has 0 aliphatic rings. The average Bonchev–Trinajstić information content (AvgIpc) is 3.13. The van der Waals surface area contributed by atoms with E-state index in [1.807, 2.05) is 43.3 Å². The Bertz CT molecular complexity index is 961. The van der Waals surface area contributed by atoms with E-state index in [4.69, 9.17) is 16.6 Å². The fourth-order valence-corrected chi connectivity index (χ4v) is 4.89. The number of anilines is 1. The van der Waals surface area contributed by atoms with Crippen LogP contribution < -0.4 is 4.90 Å². The summed E-state index contributed by atoms with van der Waals surface area (Å²) in [4.78, 5) is 22.9. The SMILES string of the molecule is CCc1ccc2nc(N(CCCN(C)C)C(=O)CSc3ccc(Cl)cc3)sc2c1.Cl. The van der Waals surface area contributed by atoms with Gasteiger partial charge in [-0.2, -0.15) is 0 Å². The third-order valence-electron chi connectivity index (χ3n) is 4.54. The molecular weight excluding hydrogens is 457 g/mol. The molecule has 162 valence electrons. The van der Waals surface area contributed by atoms with Crippen LogP contribution >= 0.6 is 47.1 Å². The number of carbonyl (C=O) groups excluding carboxylic acids is 1. The van der Waals surface area contributed by atoms with E-state index >= 15 is 0 Å². The average molecular weight is 485 g/mol. The molecule has 1 aromatic heterocycles. The molecule has 2 aromatic carbocycles. The van der Waals surface area contributed by atoms with Crippen molar-refractivity contribution in [3.05, 3.63) is 53.1 Å². The molecule has 0 bridgehead atoms. The monoisotopic (exact) mass is 483 g/mol. The predicted molar refractivity (Wildman–Crippen MR) is 134 cm³/mol. The molecule has 3 aromatic rings. The maximum atomic E-state index is 13.1. The van der Waals surface area contributed by atoms with E-state index in [-0.39, 0.29) is 18.3 Å². The molecule has 3 rings (SSSR count). The van der Waals surface area contributed by atoms with Crippen LogP contribution in [0.15, 0.2) is 47.4 Å². The van der Waals surface area contributed by atoms with Crippen molar-refractivity contribution < 1.29 is 4.79 Å². The number of thioether (sulfide) groups is 1. The summed E-state index contributed by atoms with van der Waals surface area (Å²) in [6.45, 7) is 3.74. The number of benzene rings is 2. The topological polar surface area (TPSA) is 36.4 Å². The third kappa shape index (κ3) is 6.86. The zero-order valence-electron chi connectivity index (χ0n) is 17.4. The number of hydrogen-bond donors (Lipinski definition) is 0. The third-order valence-corrected chi connectivity index (χ3v) is 6.83. The molecule has 0 unspecified atom stereocenters. The van der Waals surface area contributed by atoms with Gasteiger partial charge >= 0.3 is 0 Å². The van der Waals surface area contributed by atoms with Gasteiger partial charge in [0.1, 0.15) is 0 Å². The van der Waals surface area contributed by atoms with Gasteiger partial charge in [0, 0.05) is 16.5 Å². The second-order valence-corrected chi connectivity index (χ2v) is 9.59. The van der Waals surface area contributed by atoms with E-state index < -0.39 is 0 Å². The number of aromatic nitrogens is 1. The first kappa shape index (κ1) is 25.0. The van der Waals surface area contributed by atoms with E-state index in [1.54, 1.807) is 11.3 Å². The minimum Gasteiger partial charge on any atom is -0.309 e. The van der Waals surface area contributed by atoms with Gasteiger partial charge in [-0.05, 0) is 75.4 Å². The molecule has 30 heavy (non-hydrogen) atoms. The van der Waals surface area contributed by atoms with Crippen LogP contribution in [-0.4, -0.2) is 48.7 Å². The fourth-order valence-electron chi connectivity index (χ4n) is 2.92. The van der Waals surface area contributed by atoms with Gasteiger partial charge in [-0.3, -0.25) is 9.69 Å². The lowest BCUT2D eigenvalue weighted by Gasteiger charge is -2.21. The zero-order chi connectivity index (χ0) is 20.8. The van der Waals surface area contributed by atoms with E-state index in [2.05, 4.69) is 30.0 Å². The highest BCUT2D eigenvalue weighted by Crippen LogP contribution is 2.31. The Kier molecular flexibility index (Phi) is 9.91. The van der Waals surface area contributed by atoms with Gasteiger partial charge in [0.2, 0.25) is 5.91 Å². The Morgan fingerprint density at radius 3 is 2.53 bits per heavy atom. The number of rotatable bonds is 9. The zero-order valence-corrected chi connectivity index (χ0v) is 20.6. The smallest absolute Gasteiger partial charge is 0.239 e. The van der Waals surface area contributed by atoms with Crippen molar-refractivity contribution in [2.24, 2.45) is 0 Å². The highest BCUT2D eigenvalue weighted by molar-refractivity contribution is 8.00.